The summed E-state index contributed by atoms with van der Waals surface area (Å²) in [6.07, 6.45) is 0. The monoisotopic (exact) mass is 216 g/mol. The van der Waals surface area contributed by atoms with Gasteiger partial charge >= 0.3 is 5.97 Å². The topological polar surface area (TPSA) is 66.8 Å². The molecule has 2 N–H and O–H groups in total. The van der Waals surface area contributed by atoms with Crippen molar-refractivity contribution in [3.8, 4) is 11.5 Å². The standard InChI is InChI=1S/C9H9ClO4/c1-4-3-5(9(12)13)8(14-2)6(10)7(4)11/h3,11H,1-2H3,(H,12,13). The molecule has 0 radical (unpaired) electrons. The van der Waals surface area contributed by atoms with Gasteiger partial charge in [0.25, 0.3) is 0 Å². The first-order valence-corrected chi connectivity index (χ1v) is 4.16. The fraction of sp³-hybridized carbons (Fsp3) is 0.222. The van der Waals surface area contributed by atoms with Gasteiger partial charge in [0.15, 0.2) is 5.75 Å². The minimum atomic E-state index is -1.15. The first-order chi connectivity index (χ1) is 6.49. The highest BCUT2D eigenvalue weighted by atomic mass is 35.5. The number of hydrogen-bond donors (Lipinski definition) is 2. The van der Waals surface area contributed by atoms with E-state index in [0.29, 0.717) is 5.56 Å². The Morgan fingerprint density at radius 3 is 2.57 bits per heavy atom. The van der Waals surface area contributed by atoms with Gasteiger partial charge in [-0.3, -0.25) is 0 Å². The van der Waals surface area contributed by atoms with Crippen LogP contribution in [0.15, 0.2) is 6.07 Å². The average molecular weight is 217 g/mol. The number of aromatic hydroxyl groups is 1. The van der Waals surface area contributed by atoms with Gasteiger partial charge in [-0.1, -0.05) is 11.6 Å². The molecule has 0 atom stereocenters. The molecular formula is C9H9ClO4. The zero-order valence-electron chi connectivity index (χ0n) is 7.67. The van der Waals surface area contributed by atoms with Crippen molar-refractivity contribution >= 4 is 17.6 Å². The van der Waals surface area contributed by atoms with Crippen LogP contribution in [0.1, 0.15) is 15.9 Å². The van der Waals surface area contributed by atoms with E-state index in [2.05, 4.69) is 0 Å². The Labute approximate surface area is 85.7 Å². The quantitative estimate of drug-likeness (QED) is 0.794. The number of carboxylic acid groups (broad SMARTS) is 1. The van der Waals surface area contributed by atoms with E-state index in [9.17, 15) is 9.90 Å². The number of methoxy groups -OCH3 is 1. The van der Waals surface area contributed by atoms with E-state index in [0.717, 1.165) is 0 Å². The number of phenolic OH excluding ortho intramolecular Hbond substituents is 1. The zero-order chi connectivity index (χ0) is 10.9. The molecule has 0 saturated carbocycles. The van der Waals surface area contributed by atoms with Crippen LogP contribution in [0, 0.1) is 6.92 Å². The third kappa shape index (κ3) is 1.61. The summed E-state index contributed by atoms with van der Waals surface area (Å²) >= 11 is 5.71. The van der Waals surface area contributed by atoms with Crippen LogP contribution < -0.4 is 4.74 Å². The molecule has 76 valence electrons. The normalized spacial score (nSPS) is 9.93. The Balaban J connectivity index is 3.51. The van der Waals surface area contributed by atoms with Gasteiger partial charge in [-0.15, -0.1) is 0 Å². The molecule has 4 nitrogen and oxygen atoms in total. The molecule has 14 heavy (non-hydrogen) atoms. The number of ether oxygens (including phenoxy) is 1. The smallest absolute Gasteiger partial charge is 0.339 e. The second kappa shape index (κ2) is 3.75. The van der Waals surface area contributed by atoms with E-state index in [4.69, 9.17) is 21.4 Å². The second-order valence-electron chi connectivity index (χ2n) is 2.74. The number of halogens is 1. The highest BCUT2D eigenvalue weighted by Crippen LogP contribution is 2.38. The largest absolute Gasteiger partial charge is 0.506 e. The maximum absolute atomic E-state index is 10.8. The third-order valence-corrected chi connectivity index (χ3v) is 2.17. The molecule has 1 aromatic rings. The Morgan fingerprint density at radius 1 is 1.57 bits per heavy atom. The van der Waals surface area contributed by atoms with Crippen molar-refractivity contribution in [1.82, 2.24) is 0 Å². The molecule has 0 aliphatic heterocycles. The summed E-state index contributed by atoms with van der Waals surface area (Å²) in [6, 6.07) is 1.31. The lowest BCUT2D eigenvalue weighted by molar-refractivity contribution is 0.0693. The van der Waals surface area contributed by atoms with Crippen molar-refractivity contribution in [1.29, 1.82) is 0 Å². The number of carbonyl (C=O) groups is 1. The van der Waals surface area contributed by atoms with Gasteiger partial charge in [0.05, 0.1) is 7.11 Å². The molecule has 5 heteroatoms. The van der Waals surface area contributed by atoms with Gasteiger partial charge < -0.3 is 14.9 Å². The Morgan fingerprint density at radius 2 is 2.14 bits per heavy atom. The van der Waals surface area contributed by atoms with E-state index in [-0.39, 0.29) is 22.1 Å². The van der Waals surface area contributed by atoms with E-state index in [1.807, 2.05) is 0 Å². The predicted octanol–water partition coefficient (Wildman–Crippen LogP) is 2.06. The summed E-state index contributed by atoms with van der Waals surface area (Å²) in [5.41, 5.74) is 0.334. The summed E-state index contributed by atoms with van der Waals surface area (Å²) in [6.45, 7) is 1.56. The van der Waals surface area contributed by atoms with Gasteiger partial charge in [-0.25, -0.2) is 4.79 Å². The van der Waals surface area contributed by atoms with Crippen molar-refractivity contribution in [2.24, 2.45) is 0 Å². The summed E-state index contributed by atoms with van der Waals surface area (Å²) < 4.78 is 4.80. The number of rotatable bonds is 2. The Kier molecular flexibility index (Phi) is 2.86. The number of aromatic carboxylic acids is 1. The lowest BCUT2D eigenvalue weighted by atomic mass is 10.1. The van der Waals surface area contributed by atoms with Crippen LogP contribution in [0.2, 0.25) is 5.02 Å². The van der Waals surface area contributed by atoms with E-state index >= 15 is 0 Å². The highest BCUT2D eigenvalue weighted by Gasteiger charge is 2.19. The minimum absolute atomic E-state index is 0.0257. The number of carboxylic acids is 1. The first kappa shape index (κ1) is 10.7. The van der Waals surface area contributed by atoms with E-state index in [1.54, 1.807) is 6.92 Å². The fourth-order valence-corrected chi connectivity index (χ4v) is 1.44. The molecule has 0 aliphatic carbocycles. The molecule has 0 fully saturated rings. The maximum Gasteiger partial charge on any atom is 0.339 e. The highest BCUT2D eigenvalue weighted by molar-refractivity contribution is 6.34. The van der Waals surface area contributed by atoms with Crippen molar-refractivity contribution in [2.45, 2.75) is 6.92 Å². The van der Waals surface area contributed by atoms with Gasteiger partial charge in [-0.05, 0) is 18.6 Å². The van der Waals surface area contributed by atoms with Gasteiger partial charge in [-0.2, -0.15) is 0 Å². The predicted molar refractivity (Wildman–Crippen MR) is 51.4 cm³/mol. The number of phenols is 1. The fourth-order valence-electron chi connectivity index (χ4n) is 1.11. The molecule has 0 aliphatic rings. The van der Waals surface area contributed by atoms with Gasteiger partial charge in [0.1, 0.15) is 16.3 Å². The first-order valence-electron chi connectivity index (χ1n) is 3.78. The Hall–Kier alpha value is -1.42. The molecule has 0 aromatic heterocycles. The Bertz CT molecular complexity index is 387. The van der Waals surface area contributed by atoms with Crippen molar-refractivity contribution in [3.05, 3.63) is 22.2 Å². The summed E-state index contributed by atoms with van der Waals surface area (Å²) in [5, 5.41) is 18.2. The van der Waals surface area contributed by atoms with Crippen LogP contribution in [0.5, 0.6) is 11.5 Å². The van der Waals surface area contributed by atoms with Gasteiger partial charge in [0.2, 0.25) is 0 Å². The second-order valence-corrected chi connectivity index (χ2v) is 3.12. The molecular weight excluding hydrogens is 208 g/mol. The molecule has 0 heterocycles. The summed E-state index contributed by atoms with van der Waals surface area (Å²) in [4.78, 5) is 10.8. The summed E-state index contributed by atoms with van der Waals surface area (Å²) in [5.74, 6) is -1.33. The van der Waals surface area contributed by atoms with E-state index in [1.165, 1.54) is 13.2 Å². The minimum Gasteiger partial charge on any atom is -0.506 e. The number of benzene rings is 1. The zero-order valence-corrected chi connectivity index (χ0v) is 8.42. The average Bonchev–Trinajstić information content (AvgIpc) is 2.13. The summed E-state index contributed by atoms with van der Waals surface area (Å²) in [7, 11) is 1.29. The van der Waals surface area contributed by atoms with Crippen molar-refractivity contribution < 1.29 is 19.7 Å². The molecule has 1 aromatic carbocycles. The van der Waals surface area contributed by atoms with E-state index < -0.39 is 5.97 Å². The van der Waals surface area contributed by atoms with Gasteiger partial charge in [0, 0.05) is 0 Å². The molecule has 1 rings (SSSR count). The number of aryl methyl sites for hydroxylation is 1. The SMILES string of the molecule is COc1c(C(=O)O)cc(C)c(O)c1Cl. The van der Waals surface area contributed by atoms with Crippen LogP contribution in [0.25, 0.3) is 0 Å². The molecule has 0 bridgehead atoms. The third-order valence-electron chi connectivity index (χ3n) is 1.82. The van der Waals surface area contributed by atoms with Crippen LogP contribution in [-0.2, 0) is 0 Å². The molecule has 0 saturated heterocycles. The molecule has 0 spiro atoms. The number of hydrogen-bond acceptors (Lipinski definition) is 3. The lowest BCUT2D eigenvalue weighted by Gasteiger charge is -2.10. The van der Waals surface area contributed by atoms with Crippen LogP contribution >= 0.6 is 11.6 Å². The van der Waals surface area contributed by atoms with Crippen LogP contribution in [0.4, 0.5) is 0 Å². The van der Waals surface area contributed by atoms with Crippen molar-refractivity contribution in [3.63, 3.8) is 0 Å². The van der Waals surface area contributed by atoms with Crippen molar-refractivity contribution in [2.75, 3.05) is 7.11 Å². The van der Waals surface area contributed by atoms with Crippen LogP contribution in [-0.4, -0.2) is 23.3 Å². The molecule has 0 amide bonds. The lowest BCUT2D eigenvalue weighted by Crippen LogP contribution is -2.02. The molecule has 0 unspecified atom stereocenters. The van der Waals surface area contributed by atoms with Crippen LogP contribution in [0.3, 0.4) is 0 Å². The maximum atomic E-state index is 10.8.